The van der Waals surface area contributed by atoms with Crippen molar-refractivity contribution in [3.63, 3.8) is 0 Å². The first-order valence-electron chi connectivity index (χ1n) is 8.61. The van der Waals surface area contributed by atoms with Crippen molar-refractivity contribution in [3.05, 3.63) is 27.9 Å². The smallest absolute Gasteiger partial charge is 0.230 e. The number of rotatable bonds is 4. The Labute approximate surface area is 146 Å². The molecule has 0 spiro atoms. The molecule has 2 aromatic rings. The van der Waals surface area contributed by atoms with Crippen molar-refractivity contribution in [2.75, 3.05) is 19.7 Å². The average molecular weight is 348 g/mol. The van der Waals surface area contributed by atoms with E-state index in [1.54, 1.807) is 11.3 Å². The van der Waals surface area contributed by atoms with E-state index in [1.165, 1.54) is 12.8 Å². The van der Waals surface area contributed by atoms with Crippen LogP contribution in [0.3, 0.4) is 0 Å². The van der Waals surface area contributed by atoms with E-state index in [0.29, 0.717) is 25.0 Å². The molecule has 7 heteroatoms. The number of aromatic nitrogens is 3. The first kappa shape index (κ1) is 16.2. The van der Waals surface area contributed by atoms with Gasteiger partial charge in [-0.05, 0) is 12.8 Å². The average Bonchev–Trinajstić information content (AvgIpc) is 3.08. The molecule has 0 unspecified atom stereocenters. The fourth-order valence-corrected chi connectivity index (χ4v) is 3.88. The van der Waals surface area contributed by atoms with Gasteiger partial charge in [-0.2, -0.15) is 0 Å². The van der Waals surface area contributed by atoms with Crippen molar-refractivity contribution >= 4 is 11.3 Å². The lowest BCUT2D eigenvalue weighted by molar-refractivity contribution is -0.0354. The second kappa shape index (κ2) is 6.20. The highest BCUT2D eigenvalue weighted by atomic mass is 32.1. The van der Waals surface area contributed by atoms with Crippen LogP contribution in [0.4, 0.5) is 0 Å². The fourth-order valence-electron chi connectivity index (χ4n) is 2.79. The van der Waals surface area contributed by atoms with E-state index >= 15 is 0 Å². The van der Waals surface area contributed by atoms with Gasteiger partial charge < -0.3 is 9.15 Å². The van der Waals surface area contributed by atoms with Crippen LogP contribution in [0, 0.1) is 0 Å². The molecule has 1 aliphatic heterocycles. The topological polar surface area (TPSA) is 64.3 Å². The van der Waals surface area contributed by atoms with Crippen LogP contribution in [0.2, 0.25) is 0 Å². The van der Waals surface area contributed by atoms with Gasteiger partial charge in [-0.15, -0.1) is 21.5 Å². The van der Waals surface area contributed by atoms with Crippen molar-refractivity contribution in [1.29, 1.82) is 0 Å². The Morgan fingerprint density at radius 2 is 2.12 bits per heavy atom. The van der Waals surface area contributed by atoms with E-state index < -0.39 is 0 Å². The van der Waals surface area contributed by atoms with Crippen LogP contribution in [0.5, 0.6) is 0 Å². The third-order valence-corrected chi connectivity index (χ3v) is 5.42. The highest BCUT2D eigenvalue weighted by Crippen LogP contribution is 2.39. The molecule has 24 heavy (non-hydrogen) atoms. The number of thiazole rings is 1. The predicted molar refractivity (Wildman–Crippen MR) is 91.1 cm³/mol. The van der Waals surface area contributed by atoms with E-state index in [9.17, 15) is 0 Å². The Bertz CT molecular complexity index is 702. The molecule has 0 aromatic carbocycles. The van der Waals surface area contributed by atoms with Gasteiger partial charge >= 0.3 is 0 Å². The lowest BCUT2D eigenvalue weighted by Crippen LogP contribution is -2.37. The molecule has 0 bridgehead atoms. The second-order valence-electron chi connectivity index (χ2n) is 7.72. The number of hydrogen-bond donors (Lipinski definition) is 0. The maximum atomic E-state index is 5.95. The van der Waals surface area contributed by atoms with Gasteiger partial charge in [-0.25, -0.2) is 4.98 Å². The van der Waals surface area contributed by atoms with Gasteiger partial charge in [-0.1, -0.05) is 20.8 Å². The number of morpholine rings is 1. The van der Waals surface area contributed by atoms with Crippen LogP contribution in [0.25, 0.3) is 0 Å². The molecule has 1 saturated heterocycles. The third-order valence-electron chi connectivity index (χ3n) is 4.48. The Hall–Kier alpha value is -1.31. The molecule has 4 rings (SSSR count). The normalized spacial score (nSPS) is 22.9. The maximum absolute atomic E-state index is 5.95. The van der Waals surface area contributed by atoms with E-state index in [1.807, 2.05) is 0 Å². The molecule has 1 saturated carbocycles. The summed E-state index contributed by atoms with van der Waals surface area (Å²) in [6, 6.07) is 0. The van der Waals surface area contributed by atoms with Crippen LogP contribution >= 0.6 is 11.3 Å². The molecule has 2 aliphatic rings. The molecule has 1 aliphatic carbocycles. The van der Waals surface area contributed by atoms with E-state index in [0.717, 1.165) is 29.7 Å². The minimum atomic E-state index is 0.0330. The van der Waals surface area contributed by atoms with Gasteiger partial charge in [0, 0.05) is 29.8 Å². The Kier molecular flexibility index (Phi) is 4.18. The minimum absolute atomic E-state index is 0.0330. The van der Waals surface area contributed by atoms with Gasteiger partial charge in [0.2, 0.25) is 11.8 Å². The Morgan fingerprint density at radius 3 is 2.83 bits per heavy atom. The second-order valence-corrected chi connectivity index (χ2v) is 8.61. The van der Waals surface area contributed by atoms with E-state index in [4.69, 9.17) is 14.1 Å². The third kappa shape index (κ3) is 3.53. The van der Waals surface area contributed by atoms with Crippen LogP contribution in [0.1, 0.15) is 68.1 Å². The van der Waals surface area contributed by atoms with E-state index in [2.05, 4.69) is 41.2 Å². The number of ether oxygens (including phenoxy) is 1. The molecule has 2 fully saturated rings. The summed E-state index contributed by atoms with van der Waals surface area (Å²) in [5, 5.41) is 11.6. The van der Waals surface area contributed by atoms with Crippen LogP contribution in [-0.2, 0) is 16.7 Å². The summed E-state index contributed by atoms with van der Waals surface area (Å²) in [7, 11) is 0. The largest absolute Gasteiger partial charge is 0.424 e. The molecule has 3 heterocycles. The van der Waals surface area contributed by atoms with Gasteiger partial charge in [0.15, 0.2) is 0 Å². The summed E-state index contributed by atoms with van der Waals surface area (Å²) in [6.07, 6.45) is 2.40. The van der Waals surface area contributed by atoms with Crippen molar-refractivity contribution in [1.82, 2.24) is 20.1 Å². The molecule has 1 atom stereocenters. The van der Waals surface area contributed by atoms with Gasteiger partial charge in [-0.3, -0.25) is 4.90 Å². The summed E-state index contributed by atoms with van der Waals surface area (Å²) < 4.78 is 11.7. The highest BCUT2D eigenvalue weighted by molar-refractivity contribution is 7.09. The number of nitrogens with zero attached hydrogens (tertiary/aromatic N) is 4. The summed E-state index contributed by atoms with van der Waals surface area (Å²) in [4.78, 5) is 7.11. The van der Waals surface area contributed by atoms with E-state index in [-0.39, 0.29) is 11.5 Å². The molecular weight excluding hydrogens is 324 g/mol. The maximum Gasteiger partial charge on any atom is 0.230 e. The van der Waals surface area contributed by atoms with Crippen LogP contribution in [0.15, 0.2) is 9.80 Å². The molecule has 0 N–H and O–H groups in total. The quantitative estimate of drug-likeness (QED) is 0.845. The van der Waals surface area contributed by atoms with Crippen LogP contribution < -0.4 is 0 Å². The first-order valence-corrected chi connectivity index (χ1v) is 9.49. The highest BCUT2D eigenvalue weighted by Gasteiger charge is 2.31. The van der Waals surface area contributed by atoms with Crippen molar-refractivity contribution in [3.8, 4) is 0 Å². The standard InChI is InChI=1S/C17H24N4O2S/c1-17(2,3)13-10-24-16(18-13)12-8-21(6-7-22-12)9-14-19-20-15(23-14)11-4-5-11/h10-12H,4-9H2,1-3H3/t12-/m0/s1. The van der Waals surface area contributed by atoms with Gasteiger partial charge in [0.1, 0.15) is 11.1 Å². The summed E-state index contributed by atoms with van der Waals surface area (Å²) >= 11 is 1.69. The zero-order valence-corrected chi connectivity index (χ0v) is 15.3. The predicted octanol–water partition coefficient (Wildman–Crippen LogP) is 3.27. The first-order chi connectivity index (χ1) is 11.5. The molecule has 0 amide bonds. The molecule has 130 valence electrons. The lowest BCUT2D eigenvalue weighted by Gasteiger charge is -2.30. The zero-order valence-electron chi connectivity index (χ0n) is 14.5. The summed E-state index contributed by atoms with van der Waals surface area (Å²) in [6.45, 7) is 9.66. The van der Waals surface area contributed by atoms with Gasteiger partial charge in [0.05, 0.1) is 18.8 Å². The Morgan fingerprint density at radius 1 is 1.29 bits per heavy atom. The zero-order chi connectivity index (χ0) is 16.7. The monoisotopic (exact) mass is 348 g/mol. The molecule has 6 nitrogen and oxygen atoms in total. The van der Waals surface area contributed by atoms with Gasteiger partial charge in [0.25, 0.3) is 0 Å². The minimum Gasteiger partial charge on any atom is -0.424 e. The SMILES string of the molecule is CC(C)(C)c1csc([C@@H]2CN(Cc3nnc(C4CC4)o3)CCO2)n1. The Balaban J connectivity index is 1.40. The van der Waals surface area contributed by atoms with Crippen molar-refractivity contribution in [2.45, 2.75) is 57.6 Å². The summed E-state index contributed by atoms with van der Waals surface area (Å²) in [5.74, 6) is 2.03. The fraction of sp³-hybridized carbons (Fsp3) is 0.706. The summed E-state index contributed by atoms with van der Waals surface area (Å²) in [5.41, 5.74) is 1.21. The lowest BCUT2D eigenvalue weighted by atomic mass is 9.93. The molecule has 0 radical (unpaired) electrons. The van der Waals surface area contributed by atoms with Crippen LogP contribution in [-0.4, -0.2) is 39.8 Å². The van der Waals surface area contributed by atoms with Crippen molar-refractivity contribution < 1.29 is 9.15 Å². The molecular formula is C17H24N4O2S. The molecule has 2 aromatic heterocycles. The van der Waals surface area contributed by atoms with Crippen molar-refractivity contribution in [2.24, 2.45) is 0 Å². The number of hydrogen-bond acceptors (Lipinski definition) is 7.